The Labute approximate surface area is 186 Å². The molecule has 1 aromatic rings. The predicted octanol–water partition coefficient (Wildman–Crippen LogP) is 3.47. The summed E-state index contributed by atoms with van der Waals surface area (Å²) in [6.45, 7) is 5.99. The maximum absolute atomic E-state index is 11.7. The highest BCUT2D eigenvalue weighted by Crippen LogP contribution is 2.28. The van der Waals surface area contributed by atoms with Crippen molar-refractivity contribution in [3.05, 3.63) is 29.3 Å². The molecule has 1 amide bonds. The van der Waals surface area contributed by atoms with Crippen molar-refractivity contribution in [3.63, 3.8) is 0 Å². The van der Waals surface area contributed by atoms with Crippen LogP contribution in [0.4, 0.5) is 0 Å². The van der Waals surface area contributed by atoms with Crippen LogP contribution in [0.25, 0.3) is 0 Å². The van der Waals surface area contributed by atoms with Crippen molar-refractivity contribution in [2.75, 3.05) is 27.2 Å². The predicted molar refractivity (Wildman–Crippen MR) is 126 cm³/mol. The maximum atomic E-state index is 11.7. The summed E-state index contributed by atoms with van der Waals surface area (Å²) >= 11 is 0. The van der Waals surface area contributed by atoms with E-state index in [2.05, 4.69) is 40.7 Å². The van der Waals surface area contributed by atoms with E-state index in [-0.39, 0.29) is 29.9 Å². The molecule has 0 aliphatic heterocycles. The number of hydrogen-bond donors (Lipinski definition) is 2. The van der Waals surface area contributed by atoms with E-state index in [1.165, 1.54) is 18.4 Å². The molecule has 2 rings (SSSR count). The molecule has 1 aliphatic rings. The Hall–Kier alpha value is -1.51. The average molecular weight is 502 g/mol. The number of carbonyl (C=O) groups excluding carboxylic acids is 1. The number of amides is 1. The van der Waals surface area contributed by atoms with Gasteiger partial charge in [-0.2, -0.15) is 0 Å². The highest BCUT2D eigenvalue weighted by atomic mass is 127. The van der Waals surface area contributed by atoms with Crippen molar-refractivity contribution < 1.29 is 9.53 Å². The number of nitrogens with one attached hydrogen (secondary N) is 2. The molecule has 0 unspecified atom stereocenters. The zero-order chi connectivity index (χ0) is 19.6. The number of rotatable bonds is 8. The molecule has 1 fully saturated rings. The number of benzene rings is 1. The first-order chi connectivity index (χ1) is 13.0. The maximum Gasteiger partial charge on any atom is 0.223 e. The molecule has 6 nitrogen and oxygen atoms in total. The standard InChI is InChI=1S/C21H34N4O2.HI/c1-5-22-21(23-13-12-20(26)25(3)4)24-15-17-11-10-16(2)14-19(17)27-18-8-6-7-9-18;/h10-11,14,18H,5-9,12-13,15H2,1-4H3,(H2,22,23,24);1H. The first-order valence-corrected chi connectivity index (χ1v) is 9.98. The van der Waals surface area contributed by atoms with Crippen LogP contribution in [-0.4, -0.2) is 50.1 Å². The Bertz CT molecular complexity index is 643. The number of ether oxygens (including phenoxy) is 1. The molecular weight excluding hydrogens is 467 g/mol. The van der Waals surface area contributed by atoms with Crippen LogP contribution >= 0.6 is 24.0 Å². The van der Waals surface area contributed by atoms with E-state index in [0.717, 1.165) is 36.7 Å². The molecular formula is C21H35IN4O2. The fraction of sp³-hybridized carbons (Fsp3) is 0.619. The molecule has 0 aromatic heterocycles. The molecule has 1 saturated carbocycles. The molecule has 28 heavy (non-hydrogen) atoms. The third-order valence-corrected chi connectivity index (χ3v) is 4.70. The number of carbonyl (C=O) groups is 1. The van der Waals surface area contributed by atoms with Gasteiger partial charge in [-0.15, -0.1) is 24.0 Å². The number of hydrogen-bond acceptors (Lipinski definition) is 3. The molecule has 1 aromatic carbocycles. The van der Waals surface area contributed by atoms with Gasteiger partial charge in [0.2, 0.25) is 5.91 Å². The Morgan fingerprint density at radius 1 is 1.25 bits per heavy atom. The van der Waals surface area contributed by atoms with E-state index >= 15 is 0 Å². The Balaban J connectivity index is 0.00000392. The minimum absolute atomic E-state index is 0. The van der Waals surface area contributed by atoms with E-state index < -0.39 is 0 Å². The fourth-order valence-electron chi connectivity index (χ4n) is 3.11. The molecule has 2 N–H and O–H groups in total. The van der Waals surface area contributed by atoms with Gasteiger partial charge >= 0.3 is 0 Å². The van der Waals surface area contributed by atoms with Crippen LogP contribution in [0.15, 0.2) is 23.2 Å². The molecule has 0 atom stereocenters. The molecule has 0 saturated heterocycles. The second-order valence-corrected chi connectivity index (χ2v) is 7.30. The first-order valence-electron chi connectivity index (χ1n) is 9.98. The van der Waals surface area contributed by atoms with Crippen LogP contribution in [0.2, 0.25) is 0 Å². The molecule has 1 aliphatic carbocycles. The van der Waals surface area contributed by atoms with Gasteiger partial charge < -0.3 is 20.3 Å². The molecule has 0 radical (unpaired) electrons. The highest BCUT2D eigenvalue weighted by molar-refractivity contribution is 14.0. The summed E-state index contributed by atoms with van der Waals surface area (Å²) in [6, 6.07) is 6.31. The highest BCUT2D eigenvalue weighted by Gasteiger charge is 2.18. The van der Waals surface area contributed by atoms with Crippen LogP contribution in [0, 0.1) is 6.92 Å². The molecule has 0 bridgehead atoms. The van der Waals surface area contributed by atoms with E-state index in [4.69, 9.17) is 4.74 Å². The van der Waals surface area contributed by atoms with Crippen molar-refractivity contribution in [3.8, 4) is 5.75 Å². The van der Waals surface area contributed by atoms with Gasteiger partial charge in [0.05, 0.1) is 12.6 Å². The zero-order valence-electron chi connectivity index (χ0n) is 17.6. The number of nitrogens with zero attached hydrogens (tertiary/aromatic N) is 2. The largest absolute Gasteiger partial charge is 0.490 e. The Morgan fingerprint density at radius 3 is 2.61 bits per heavy atom. The number of aryl methyl sites for hydroxylation is 1. The van der Waals surface area contributed by atoms with Gasteiger partial charge in [-0.25, -0.2) is 4.99 Å². The minimum Gasteiger partial charge on any atom is -0.490 e. The van der Waals surface area contributed by atoms with E-state index in [0.29, 0.717) is 25.6 Å². The van der Waals surface area contributed by atoms with Crippen LogP contribution in [0.5, 0.6) is 5.75 Å². The first kappa shape index (κ1) is 24.5. The minimum atomic E-state index is 0. The van der Waals surface area contributed by atoms with Crippen molar-refractivity contribution in [2.24, 2.45) is 4.99 Å². The van der Waals surface area contributed by atoms with Gasteiger partial charge in [0, 0.05) is 39.2 Å². The lowest BCUT2D eigenvalue weighted by atomic mass is 10.1. The second kappa shape index (κ2) is 12.9. The van der Waals surface area contributed by atoms with Crippen LogP contribution in [0.1, 0.15) is 50.2 Å². The molecule has 0 heterocycles. The van der Waals surface area contributed by atoms with Gasteiger partial charge in [-0.3, -0.25) is 4.79 Å². The summed E-state index contributed by atoms with van der Waals surface area (Å²) in [5.41, 5.74) is 2.29. The van der Waals surface area contributed by atoms with Crippen LogP contribution in [-0.2, 0) is 11.3 Å². The quantitative estimate of drug-likeness (QED) is 0.325. The Kier molecular flexibility index (Phi) is 11.3. The molecule has 0 spiro atoms. The number of halogens is 1. The monoisotopic (exact) mass is 502 g/mol. The van der Waals surface area contributed by atoms with Crippen molar-refractivity contribution in [1.82, 2.24) is 15.5 Å². The summed E-state index contributed by atoms with van der Waals surface area (Å²) < 4.78 is 6.26. The lowest BCUT2D eigenvalue weighted by Gasteiger charge is -2.17. The number of guanidine groups is 1. The van der Waals surface area contributed by atoms with Gasteiger partial charge in [-0.05, 0) is 51.2 Å². The fourth-order valence-corrected chi connectivity index (χ4v) is 3.11. The van der Waals surface area contributed by atoms with Crippen molar-refractivity contribution in [1.29, 1.82) is 0 Å². The summed E-state index contributed by atoms with van der Waals surface area (Å²) in [6.07, 6.45) is 5.56. The SMILES string of the molecule is CCNC(=NCc1ccc(C)cc1OC1CCCC1)NCCC(=O)N(C)C.I. The summed E-state index contributed by atoms with van der Waals surface area (Å²) in [5, 5.41) is 6.46. The van der Waals surface area contributed by atoms with Gasteiger partial charge in [0.15, 0.2) is 5.96 Å². The van der Waals surface area contributed by atoms with Gasteiger partial charge in [0.25, 0.3) is 0 Å². The number of aliphatic imine (C=N–C) groups is 1. The summed E-state index contributed by atoms with van der Waals surface area (Å²) in [5.74, 6) is 1.77. The zero-order valence-corrected chi connectivity index (χ0v) is 19.9. The lowest BCUT2D eigenvalue weighted by Crippen LogP contribution is -2.39. The van der Waals surface area contributed by atoms with Crippen molar-refractivity contribution in [2.45, 2.75) is 58.6 Å². The summed E-state index contributed by atoms with van der Waals surface area (Å²) in [4.78, 5) is 18.0. The van der Waals surface area contributed by atoms with E-state index in [1.54, 1.807) is 19.0 Å². The van der Waals surface area contributed by atoms with E-state index in [9.17, 15) is 4.79 Å². The van der Waals surface area contributed by atoms with Gasteiger partial charge in [-0.1, -0.05) is 12.1 Å². The molecule has 158 valence electrons. The third-order valence-electron chi connectivity index (χ3n) is 4.70. The van der Waals surface area contributed by atoms with Crippen molar-refractivity contribution >= 4 is 35.8 Å². The smallest absolute Gasteiger partial charge is 0.223 e. The molecule has 7 heteroatoms. The Morgan fingerprint density at radius 2 is 1.96 bits per heavy atom. The second-order valence-electron chi connectivity index (χ2n) is 7.30. The van der Waals surface area contributed by atoms with Gasteiger partial charge in [0.1, 0.15) is 5.75 Å². The van der Waals surface area contributed by atoms with E-state index in [1.807, 2.05) is 6.92 Å². The van der Waals surface area contributed by atoms with Crippen LogP contribution in [0.3, 0.4) is 0 Å². The average Bonchev–Trinajstić information content (AvgIpc) is 3.13. The van der Waals surface area contributed by atoms with Crippen LogP contribution < -0.4 is 15.4 Å². The third kappa shape index (κ3) is 8.24. The lowest BCUT2D eigenvalue weighted by molar-refractivity contribution is -0.128. The topological polar surface area (TPSA) is 66.0 Å². The summed E-state index contributed by atoms with van der Waals surface area (Å²) in [7, 11) is 3.54. The normalized spacial score (nSPS) is 14.4.